The van der Waals surface area contributed by atoms with Crippen LogP contribution in [0, 0.1) is 13.8 Å². The summed E-state index contributed by atoms with van der Waals surface area (Å²) in [4.78, 5) is 32.0. The minimum absolute atomic E-state index is 0.000844. The molecule has 0 aliphatic carbocycles. The highest BCUT2D eigenvalue weighted by molar-refractivity contribution is 8.00. The number of pyridine rings is 1. The molecule has 36 heavy (non-hydrogen) atoms. The number of nitrogens with zero attached hydrogens (tertiary/aromatic N) is 4. The second kappa shape index (κ2) is 10.0. The smallest absolute Gasteiger partial charge is 0.301 e. The van der Waals surface area contributed by atoms with Gasteiger partial charge >= 0.3 is 5.91 Å². The molecule has 1 amide bonds. The number of rotatable bonds is 6. The standard InChI is InChI=1S/C27H22N4O3S2/c1-16-5-9-18(10-6-16)15-35-27-30-29-26(36-27)31-22(20-4-3-13-28-14-20)21(24(33)25(31)34)23(32)19-11-7-17(2)8-12-19/h3-14,22,32H,15H2,1-2H3/t22-/m0/s1. The highest BCUT2D eigenvalue weighted by atomic mass is 32.2. The SMILES string of the molecule is Cc1ccc(CSc2nnc(N3C(=O)C(=O)C(=C(O)c4ccc(C)cc4)[C@@H]3c3cccnc3)s2)cc1. The molecule has 1 fully saturated rings. The molecule has 0 spiro atoms. The van der Waals surface area contributed by atoms with Crippen molar-refractivity contribution in [2.75, 3.05) is 4.90 Å². The number of hydrogen-bond donors (Lipinski definition) is 1. The Morgan fingerprint density at radius 2 is 1.69 bits per heavy atom. The van der Waals surface area contributed by atoms with Crippen LogP contribution in [0.5, 0.6) is 0 Å². The van der Waals surface area contributed by atoms with Crippen LogP contribution >= 0.6 is 23.1 Å². The number of aliphatic hydroxyl groups excluding tert-OH is 1. The zero-order valence-corrected chi connectivity index (χ0v) is 21.2. The molecule has 1 aliphatic rings. The number of benzene rings is 2. The number of anilines is 1. The summed E-state index contributed by atoms with van der Waals surface area (Å²) in [6.45, 7) is 3.97. The monoisotopic (exact) mass is 514 g/mol. The molecule has 3 heterocycles. The van der Waals surface area contributed by atoms with Gasteiger partial charge < -0.3 is 5.11 Å². The second-order valence-electron chi connectivity index (χ2n) is 8.45. The Morgan fingerprint density at radius 1 is 1.00 bits per heavy atom. The van der Waals surface area contributed by atoms with Crippen LogP contribution in [0.4, 0.5) is 5.13 Å². The maximum atomic E-state index is 13.3. The van der Waals surface area contributed by atoms with Gasteiger partial charge in [-0.15, -0.1) is 10.2 Å². The summed E-state index contributed by atoms with van der Waals surface area (Å²) >= 11 is 2.75. The van der Waals surface area contributed by atoms with E-state index in [1.54, 1.807) is 36.7 Å². The van der Waals surface area contributed by atoms with Gasteiger partial charge in [0.25, 0.3) is 5.78 Å². The minimum atomic E-state index is -0.872. The Balaban J connectivity index is 1.51. The number of amides is 1. The number of aromatic nitrogens is 3. The van der Waals surface area contributed by atoms with Gasteiger partial charge in [-0.3, -0.25) is 19.5 Å². The van der Waals surface area contributed by atoms with Crippen molar-refractivity contribution in [3.05, 3.63) is 106 Å². The predicted octanol–water partition coefficient (Wildman–Crippen LogP) is 5.47. The van der Waals surface area contributed by atoms with Crippen LogP contribution in [0.25, 0.3) is 5.76 Å². The molecule has 9 heteroatoms. The molecule has 0 bridgehead atoms. The molecule has 5 rings (SSSR count). The predicted molar refractivity (Wildman–Crippen MR) is 141 cm³/mol. The topological polar surface area (TPSA) is 96.3 Å². The minimum Gasteiger partial charge on any atom is -0.507 e. The van der Waals surface area contributed by atoms with Crippen LogP contribution < -0.4 is 4.90 Å². The number of carbonyl (C=O) groups is 2. The van der Waals surface area contributed by atoms with E-state index in [0.717, 1.165) is 11.1 Å². The highest BCUT2D eigenvalue weighted by Crippen LogP contribution is 2.43. The largest absolute Gasteiger partial charge is 0.507 e. The Labute approximate surface area is 216 Å². The molecule has 1 atom stereocenters. The van der Waals surface area contributed by atoms with E-state index >= 15 is 0 Å². The number of aryl methyl sites for hydroxylation is 2. The van der Waals surface area contributed by atoms with Crippen molar-refractivity contribution < 1.29 is 14.7 Å². The molecule has 0 radical (unpaired) electrons. The normalized spacial score (nSPS) is 17.1. The average molecular weight is 515 g/mol. The third-order valence-electron chi connectivity index (χ3n) is 5.85. The third kappa shape index (κ3) is 4.67. The van der Waals surface area contributed by atoms with Crippen LogP contribution in [-0.4, -0.2) is 32.0 Å². The molecule has 1 N–H and O–H groups in total. The first-order chi connectivity index (χ1) is 17.4. The van der Waals surface area contributed by atoms with E-state index in [0.29, 0.717) is 26.4 Å². The maximum absolute atomic E-state index is 13.3. The summed E-state index contributed by atoms with van der Waals surface area (Å²) in [5.74, 6) is -1.06. The summed E-state index contributed by atoms with van der Waals surface area (Å²) < 4.78 is 0.677. The quantitative estimate of drug-likeness (QED) is 0.120. The van der Waals surface area contributed by atoms with E-state index in [1.807, 2.05) is 26.0 Å². The van der Waals surface area contributed by atoms with Crippen LogP contribution in [0.3, 0.4) is 0 Å². The van der Waals surface area contributed by atoms with E-state index in [4.69, 9.17) is 0 Å². The zero-order chi connectivity index (χ0) is 25.2. The number of ketones is 1. The van der Waals surface area contributed by atoms with E-state index in [9.17, 15) is 14.7 Å². The molecule has 0 unspecified atom stereocenters. The van der Waals surface area contributed by atoms with E-state index < -0.39 is 17.7 Å². The van der Waals surface area contributed by atoms with Crippen molar-refractivity contribution in [3.63, 3.8) is 0 Å². The maximum Gasteiger partial charge on any atom is 0.301 e. The second-order valence-corrected chi connectivity index (χ2v) is 10.6. The van der Waals surface area contributed by atoms with E-state index in [1.165, 1.54) is 33.6 Å². The molecule has 1 saturated heterocycles. The van der Waals surface area contributed by atoms with E-state index in [-0.39, 0.29) is 11.3 Å². The highest BCUT2D eigenvalue weighted by Gasteiger charge is 2.48. The molecule has 1 aliphatic heterocycles. The summed E-state index contributed by atoms with van der Waals surface area (Å²) in [5, 5.41) is 19.9. The summed E-state index contributed by atoms with van der Waals surface area (Å²) in [5.41, 5.74) is 4.41. The van der Waals surface area contributed by atoms with Crippen LogP contribution in [0.2, 0.25) is 0 Å². The fraction of sp³-hybridized carbons (Fsp3) is 0.148. The Hall–Kier alpha value is -3.82. The Kier molecular flexibility index (Phi) is 6.67. The lowest BCUT2D eigenvalue weighted by atomic mass is 9.96. The lowest BCUT2D eigenvalue weighted by Gasteiger charge is -2.22. The molecule has 4 aromatic rings. The summed E-state index contributed by atoms with van der Waals surface area (Å²) in [6, 6.07) is 18.0. The van der Waals surface area contributed by atoms with Gasteiger partial charge in [-0.2, -0.15) is 0 Å². The molecule has 2 aromatic heterocycles. The average Bonchev–Trinajstić information content (AvgIpc) is 3.46. The molecule has 2 aromatic carbocycles. The van der Waals surface area contributed by atoms with Crippen molar-refractivity contribution in [1.82, 2.24) is 15.2 Å². The van der Waals surface area contributed by atoms with E-state index in [2.05, 4.69) is 39.4 Å². The first-order valence-electron chi connectivity index (χ1n) is 11.2. The number of aliphatic hydroxyl groups is 1. The van der Waals surface area contributed by atoms with Gasteiger partial charge in [0.2, 0.25) is 5.13 Å². The molecular weight excluding hydrogens is 492 g/mol. The van der Waals surface area contributed by atoms with Crippen LogP contribution in [0.15, 0.2) is 83.0 Å². The van der Waals surface area contributed by atoms with Crippen molar-refractivity contribution in [2.45, 2.75) is 30.0 Å². The first-order valence-corrected chi connectivity index (χ1v) is 13.0. The fourth-order valence-corrected chi connectivity index (χ4v) is 5.76. The van der Waals surface area contributed by atoms with Gasteiger partial charge in [0.15, 0.2) is 4.34 Å². The fourth-order valence-electron chi connectivity index (χ4n) is 3.94. The Bertz CT molecular complexity index is 1450. The molecule has 7 nitrogen and oxygen atoms in total. The van der Waals surface area contributed by atoms with Gasteiger partial charge in [0, 0.05) is 23.7 Å². The van der Waals surface area contributed by atoms with Gasteiger partial charge in [0.05, 0.1) is 11.6 Å². The third-order valence-corrected chi connectivity index (χ3v) is 7.98. The van der Waals surface area contributed by atoms with Crippen molar-refractivity contribution in [3.8, 4) is 0 Å². The Morgan fingerprint density at radius 3 is 2.36 bits per heavy atom. The number of carbonyl (C=O) groups excluding carboxylic acids is 2. The summed E-state index contributed by atoms with van der Waals surface area (Å²) in [6.07, 6.45) is 3.19. The van der Waals surface area contributed by atoms with Crippen LogP contribution in [-0.2, 0) is 15.3 Å². The summed E-state index contributed by atoms with van der Waals surface area (Å²) in [7, 11) is 0. The van der Waals surface area contributed by atoms with Gasteiger partial charge in [0.1, 0.15) is 5.76 Å². The number of Topliss-reactive ketones (excluding diaryl/α,β-unsaturated/α-hetero) is 1. The van der Waals surface area contributed by atoms with Crippen molar-refractivity contribution >= 4 is 45.7 Å². The number of hydrogen-bond acceptors (Lipinski definition) is 8. The van der Waals surface area contributed by atoms with Crippen LogP contribution in [0.1, 0.15) is 33.9 Å². The molecule has 0 saturated carbocycles. The van der Waals surface area contributed by atoms with Crippen molar-refractivity contribution in [1.29, 1.82) is 0 Å². The lowest BCUT2D eigenvalue weighted by molar-refractivity contribution is -0.132. The number of thioether (sulfide) groups is 1. The molecular formula is C27H22N4O3S2. The first kappa shape index (κ1) is 23.9. The van der Waals surface area contributed by atoms with Gasteiger partial charge in [-0.25, -0.2) is 0 Å². The molecule has 180 valence electrons. The zero-order valence-electron chi connectivity index (χ0n) is 19.6. The van der Waals surface area contributed by atoms with Gasteiger partial charge in [-0.1, -0.05) is 88.8 Å². The van der Waals surface area contributed by atoms with Gasteiger partial charge in [-0.05, 0) is 31.0 Å². The van der Waals surface area contributed by atoms with Crippen molar-refractivity contribution in [2.24, 2.45) is 0 Å². The lowest BCUT2D eigenvalue weighted by Crippen LogP contribution is -2.29.